The van der Waals surface area contributed by atoms with Crippen LogP contribution in [-0.4, -0.2) is 47.9 Å². The Morgan fingerprint density at radius 2 is 1.90 bits per heavy atom. The topological polar surface area (TPSA) is 91.2 Å². The minimum Gasteiger partial charge on any atom is -0.493 e. The van der Waals surface area contributed by atoms with Gasteiger partial charge in [0.25, 0.3) is 5.91 Å². The monoisotopic (exact) mass is 421 g/mol. The fourth-order valence-electron chi connectivity index (χ4n) is 3.95. The fourth-order valence-corrected chi connectivity index (χ4v) is 3.95. The van der Waals surface area contributed by atoms with Crippen molar-refractivity contribution in [1.29, 1.82) is 0 Å². The minimum atomic E-state index is -0.822. The molecular weight excluding hydrogens is 394 g/mol. The van der Waals surface area contributed by atoms with Crippen molar-refractivity contribution >= 4 is 23.8 Å². The van der Waals surface area contributed by atoms with Gasteiger partial charge in [0.1, 0.15) is 5.75 Å². The van der Waals surface area contributed by atoms with E-state index in [1.807, 2.05) is 36.5 Å². The molecule has 2 N–H and O–H groups in total. The van der Waals surface area contributed by atoms with Crippen molar-refractivity contribution in [1.82, 2.24) is 5.01 Å². The molecule has 1 atom stereocenters. The quantitative estimate of drug-likeness (QED) is 0.693. The zero-order valence-electron chi connectivity index (χ0n) is 17.4. The van der Waals surface area contributed by atoms with E-state index in [1.54, 1.807) is 12.1 Å². The molecular formula is C24H27N3O4. The van der Waals surface area contributed by atoms with Gasteiger partial charge in [-0.1, -0.05) is 18.2 Å². The van der Waals surface area contributed by atoms with Crippen molar-refractivity contribution < 1.29 is 19.4 Å². The lowest BCUT2D eigenvalue weighted by molar-refractivity contribution is -0.138. The molecule has 0 saturated carbocycles. The van der Waals surface area contributed by atoms with Gasteiger partial charge in [0.15, 0.2) is 0 Å². The number of benzene rings is 2. The number of carbonyl (C=O) groups is 2. The van der Waals surface area contributed by atoms with E-state index in [1.165, 1.54) is 19.3 Å². The summed E-state index contributed by atoms with van der Waals surface area (Å²) in [6.07, 6.45) is 6.25. The van der Waals surface area contributed by atoms with Crippen LogP contribution in [0.1, 0.15) is 47.2 Å². The molecule has 2 aliphatic rings. The van der Waals surface area contributed by atoms with Gasteiger partial charge in [0.2, 0.25) is 0 Å². The van der Waals surface area contributed by atoms with Crippen LogP contribution < -0.4 is 10.1 Å². The maximum absolute atomic E-state index is 12.6. The van der Waals surface area contributed by atoms with Crippen molar-refractivity contribution in [2.24, 2.45) is 11.0 Å². The first-order valence-corrected chi connectivity index (χ1v) is 10.7. The number of amides is 1. The molecule has 162 valence electrons. The van der Waals surface area contributed by atoms with Crippen LogP contribution in [0, 0.1) is 5.92 Å². The molecule has 2 heterocycles. The number of aliphatic carboxylic acids is 1. The number of fused-ring (bicyclic) bond motifs is 1. The van der Waals surface area contributed by atoms with E-state index in [-0.39, 0.29) is 18.2 Å². The Balaban J connectivity index is 1.35. The van der Waals surface area contributed by atoms with Gasteiger partial charge < -0.3 is 15.2 Å². The molecule has 7 heteroatoms. The summed E-state index contributed by atoms with van der Waals surface area (Å²) in [4.78, 5) is 23.6. The summed E-state index contributed by atoms with van der Waals surface area (Å²) in [6, 6.07) is 12.9. The molecule has 0 radical (unpaired) electrons. The number of rotatable bonds is 6. The molecule has 31 heavy (non-hydrogen) atoms. The molecule has 7 nitrogen and oxygen atoms in total. The van der Waals surface area contributed by atoms with Gasteiger partial charge in [-0.3, -0.25) is 14.6 Å². The highest BCUT2D eigenvalue weighted by Crippen LogP contribution is 2.30. The number of hydrazone groups is 1. The summed E-state index contributed by atoms with van der Waals surface area (Å²) < 4.78 is 5.71. The summed E-state index contributed by atoms with van der Waals surface area (Å²) in [7, 11) is 0. The highest BCUT2D eigenvalue weighted by atomic mass is 16.5. The number of hydrogen-bond donors (Lipinski definition) is 2. The number of anilines is 1. The van der Waals surface area contributed by atoms with Crippen LogP contribution in [0.5, 0.6) is 5.75 Å². The van der Waals surface area contributed by atoms with E-state index in [4.69, 9.17) is 9.84 Å². The zero-order valence-corrected chi connectivity index (χ0v) is 17.4. The van der Waals surface area contributed by atoms with Crippen LogP contribution in [0.2, 0.25) is 0 Å². The number of ether oxygens (including phenoxy) is 1. The normalized spacial score (nSPS) is 18.3. The smallest absolute Gasteiger partial charge is 0.303 e. The van der Waals surface area contributed by atoms with Gasteiger partial charge >= 0.3 is 5.97 Å². The molecule has 1 saturated heterocycles. The molecule has 1 fully saturated rings. The molecule has 4 rings (SSSR count). The Morgan fingerprint density at radius 3 is 2.65 bits per heavy atom. The molecule has 2 aromatic carbocycles. The number of hydrogen-bond acceptors (Lipinski definition) is 5. The Bertz CT molecular complexity index is 965. The second kappa shape index (κ2) is 9.64. The summed E-state index contributed by atoms with van der Waals surface area (Å²) in [5.41, 5.74) is 3.14. The van der Waals surface area contributed by atoms with Crippen molar-refractivity contribution in [2.75, 3.05) is 25.0 Å². The molecule has 0 bridgehead atoms. The van der Waals surface area contributed by atoms with Crippen molar-refractivity contribution in [2.45, 2.75) is 32.1 Å². The van der Waals surface area contributed by atoms with Gasteiger partial charge in [0.05, 0.1) is 19.2 Å². The predicted molar refractivity (Wildman–Crippen MR) is 119 cm³/mol. The van der Waals surface area contributed by atoms with Gasteiger partial charge in [-0.2, -0.15) is 5.10 Å². The van der Waals surface area contributed by atoms with Crippen LogP contribution in [-0.2, 0) is 11.2 Å². The number of carboxylic acid groups (broad SMARTS) is 1. The third-order valence-corrected chi connectivity index (χ3v) is 5.65. The van der Waals surface area contributed by atoms with Crippen LogP contribution in [0.3, 0.4) is 0 Å². The zero-order chi connectivity index (χ0) is 21.6. The van der Waals surface area contributed by atoms with Crippen LogP contribution in [0.15, 0.2) is 47.6 Å². The first-order valence-electron chi connectivity index (χ1n) is 10.7. The Kier molecular flexibility index (Phi) is 6.50. The van der Waals surface area contributed by atoms with E-state index >= 15 is 0 Å². The summed E-state index contributed by atoms with van der Waals surface area (Å²) >= 11 is 0. The van der Waals surface area contributed by atoms with Crippen LogP contribution in [0.25, 0.3) is 0 Å². The number of carboxylic acids is 1. The van der Waals surface area contributed by atoms with Crippen LogP contribution >= 0.6 is 0 Å². The molecule has 2 aromatic rings. The van der Waals surface area contributed by atoms with Gasteiger partial charge in [-0.25, -0.2) is 0 Å². The predicted octanol–water partition coefficient (Wildman–Crippen LogP) is 3.78. The maximum atomic E-state index is 12.6. The average Bonchev–Trinajstić information content (AvgIpc) is 2.78. The van der Waals surface area contributed by atoms with E-state index in [0.717, 1.165) is 24.2 Å². The van der Waals surface area contributed by atoms with Gasteiger partial charge in [-0.05, 0) is 61.1 Å². The lowest BCUT2D eigenvalue weighted by Gasteiger charge is -2.24. The van der Waals surface area contributed by atoms with Gasteiger partial charge in [-0.15, -0.1) is 0 Å². The van der Waals surface area contributed by atoms with E-state index in [2.05, 4.69) is 15.4 Å². The molecule has 0 aromatic heterocycles. The van der Waals surface area contributed by atoms with Crippen molar-refractivity contribution in [3.63, 3.8) is 0 Å². The van der Waals surface area contributed by atoms with E-state index in [9.17, 15) is 9.59 Å². The second-order valence-corrected chi connectivity index (χ2v) is 8.14. The van der Waals surface area contributed by atoms with Crippen molar-refractivity contribution in [3.05, 3.63) is 59.2 Å². The number of piperidine rings is 1. The molecule has 1 unspecified atom stereocenters. The van der Waals surface area contributed by atoms with Crippen molar-refractivity contribution in [3.8, 4) is 5.75 Å². The first-order chi connectivity index (χ1) is 15.1. The molecule has 1 amide bonds. The fraction of sp³-hybridized carbons (Fsp3) is 0.375. The summed E-state index contributed by atoms with van der Waals surface area (Å²) in [5.74, 6) is -0.425. The summed E-state index contributed by atoms with van der Waals surface area (Å²) in [6.45, 7) is 2.37. The Morgan fingerprint density at radius 1 is 1.13 bits per heavy atom. The third kappa shape index (κ3) is 5.63. The average molecular weight is 421 g/mol. The largest absolute Gasteiger partial charge is 0.493 e. The Hall–Kier alpha value is -3.35. The highest BCUT2D eigenvalue weighted by molar-refractivity contribution is 6.04. The van der Waals surface area contributed by atoms with Gasteiger partial charge in [0, 0.05) is 30.3 Å². The van der Waals surface area contributed by atoms with E-state index in [0.29, 0.717) is 30.0 Å². The first kappa shape index (κ1) is 20.9. The SMILES string of the molecule is O=C(O)CC1COc2cc(C(=O)Nc3ccc(C=NN4CCCCC4)cc3)ccc2C1. The molecule has 2 aliphatic heterocycles. The van der Waals surface area contributed by atoms with E-state index < -0.39 is 5.97 Å². The minimum absolute atomic E-state index is 0.0401. The lowest BCUT2D eigenvalue weighted by Crippen LogP contribution is -2.24. The lowest BCUT2D eigenvalue weighted by atomic mass is 9.93. The summed E-state index contributed by atoms with van der Waals surface area (Å²) in [5, 5.41) is 18.5. The number of nitrogens with one attached hydrogen (secondary N) is 1. The third-order valence-electron chi connectivity index (χ3n) is 5.65. The Labute approximate surface area is 181 Å². The van der Waals surface area contributed by atoms with Crippen LogP contribution in [0.4, 0.5) is 5.69 Å². The maximum Gasteiger partial charge on any atom is 0.303 e. The molecule has 0 aliphatic carbocycles. The standard InChI is InChI=1S/C24H27N3O4/c28-23(29)13-18-12-19-6-7-20(14-22(19)31-16-18)24(30)26-21-8-4-17(5-9-21)15-25-27-10-2-1-3-11-27/h4-9,14-15,18H,1-3,10-13,16H2,(H,26,30)(H,28,29). The number of carbonyl (C=O) groups excluding carboxylic acids is 1. The molecule has 0 spiro atoms. The number of nitrogens with zero attached hydrogens (tertiary/aromatic N) is 2. The second-order valence-electron chi connectivity index (χ2n) is 8.14. The highest BCUT2D eigenvalue weighted by Gasteiger charge is 2.23.